The SMILES string of the molecule is COc1ccc(Br)c(C(=O)N/N=C\c2cccc(Cl)c2)c1. The smallest absolute Gasteiger partial charge is 0.272 e. The average molecular weight is 368 g/mol. The van der Waals surface area contributed by atoms with Crippen molar-refractivity contribution in [1.82, 2.24) is 5.43 Å². The molecule has 0 saturated carbocycles. The molecule has 0 radical (unpaired) electrons. The number of carbonyl (C=O) groups is 1. The minimum atomic E-state index is -0.334. The first-order chi connectivity index (χ1) is 10.1. The van der Waals surface area contributed by atoms with Crippen LogP contribution in [0.15, 0.2) is 52.0 Å². The second-order valence-electron chi connectivity index (χ2n) is 4.10. The van der Waals surface area contributed by atoms with Gasteiger partial charge in [-0.05, 0) is 51.8 Å². The van der Waals surface area contributed by atoms with Crippen molar-refractivity contribution in [2.45, 2.75) is 0 Å². The summed E-state index contributed by atoms with van der Waals surface area (Å²) < 4.78 is 5.76. The molecule has 108 valence electrons. The highest BCUT2D eigenvalue weighted by Gasteiger charge is 2.10. The molecule has 0 aliphatic rings. The quantitative estimate of drug-likeness (QED) is 0.659. The minimum Gasteiger partial charge on any atom is -0.497 e. The van der Waals surface area contributed by atoms with Crippen molar-refractivity contribution in [1.29, 1.82) is 0 Å². The lowest BCUT2D eigenvalue weighted by molar-refractivity contribution is 0.0954. The van der Waals surface area contributed by atoms with E-state index in [1.54, 1.807) is 37.4 Å². The van der Waals surface area contributed by atoms with Crippen LogP contribution < -0.4 is 10.2 Å². The molecule has 0 heterocycles. The van der Waals surface area contributed by atoms with Gasteiger partial charge in [-0.2, -0.15) is 5.10 Å². The third-order valence-electron chi connectivity index (χ3n) is 2.65. The van der Waals surface area contributed by atoms with Crippen LogP contribution in [-0.4, -0.2) is 19.2 Å². The number of hydrazone groups is 1. The molecule has 1 amide bonds. The average Bonchev–Trinajstić information content (AvgIpc) is 2.47. The topological polar surface area (TPSA) is 50.7 Å². The predicted molar refractivity (Wildman–Crippen MR) is 87.2 cm³/mol. The normalized spacial score (nSPS) is 10.6. The summed E-state index contributed by atoms with van der Waals surface area (Å²) in [4.78, 5) is 12.1. The first kappa shape index (κ1) is 15.5. The van der Waals surface area contributed by atoms with E-state index in [9.17, 15) is 4.79 Å². The van der Waals surface area contributed by atoms with Gasteiger partial charge in [-0.3, -0.25) is 4.79 Å². The molecule has 0 aliphatic heterocycles. The Morgan fingerprint density at radius 1 is 1.33 bits per heavy atom. The fraction of sp³-hybridized carbons (Fsp3) is 0.0667. The Labute approximate surface area is 135 Å². The van der Waals surface area contributed by atoms with E-state index < -0.39 is 0 Å². The standard InChI is InChI=1S/C15H12BrClN2O2/c1-21-12-5-6-14(16)13(8-12)15(20)19-18-9-10-3-2-4-11(17)7-10/h2-9H,1H3,(H,19,20)/b18-9-. The van der Waals surface area contributed by atoms with E-state index in [0.717, 1.165) is 5.56 Å². The van der Waals surface area contributed by atoms with E-state index in [1.165, 1.54) is 6.21 Å². The number of amides is 1. The summed E-state index contributed by atoms with van der Waals surface area (Å²) in [5, 5.41) is 4.52. The van der Waals surface area contributed by atoms with E-state index in [4.69, 9.17) is 16.3 Å². The minimum absolute atomic E-state index is 0.334. The maximum absolute atomic E-state index is 12.1. The molecular formula is C15H12BrClN2O2. The third kappa shape index (κ3) is 4.31. The molecule has 0 aromatic heterocycles. The zero-order valence-corrected chi connectivity index (χ0v) is 13.5. The van der Waals surface area contributed by atoms with Crippen molar-refractivity contribution in [2.24, 2.45) is 5.10 Å². The van der Waals surface area contributed by atoms with Crippen LogP contribution in [0.4, 0.5) is 0 Å². The number of ether oxygens (including phenoxy) is 1. The lowest BCUT2D eigenvalue weighted by Crippen LogP contribution is -2.18. The van der Waals surface area contributed by atoms with E-state index in [0.29, 0.717) is 20.8 Å². The molecule has 1 N–H and O–H groups in total. The van der Waals surface area contributed by atoms with Crippen LogP contribution in [0, 0.1) is 0 Å². The number of rotatable bonds is 4. The highest BCUT2D eigenvalue weighted by molar-refractivity contribution is 9.10. The molecule has 0 fully saturated rings. The lowest BCUT2D eigenvalue weighted by atomic mass is 10.2. The van der Waals surface area contributed by atoms with Crippen LogP contribution in [0.2, 0.25) is 5.02 Å². The van der Waals surface area contributed by atoms with Gasteiger partial charge in [-0.1, -0.05) is 23.7 Å². The predicted octanol–water partition coefficient (Wildman–Crippen LogP) is 3.88. The highest BCUT2D eigenvalue weighted by Crippen LogP contribution is 2.22. The van der Waals surface area contributed by atoms with Gasteiger partial charge in [0.1, 0.15) is 5.75 Å². The van der Waals surface area contributed by atoms with Crippen LogP contribution in [-0.2, 0) is 0 Å². The molecular weight excluding hydrogens is 356 g/mol. The number of halogens is 2. The molecule has 0 spiro atoms. The fourth-order valence-electron chi connectivity index (χ4n) is 1.62. The lowest BCUT2D eigenvalue weighted by Gasteiger charge is -2.05. The molecule has 0 saturated heterocycles. The number of hydrogen-bond donors (Lipinski definition) is 1. The Morgan fingerprint density at radius 3 is 2.86 bits per heavy atom. The molecule has 6 heteroatoms. The summed E-state index contributed by atoms with van der Waals surface area (Å²) in [6.45, 7) is 0. The Bertz CT molecular complexity index is 689. The van der Waals surface area contributed by atoms with E-state index >= 15 is 0 Å². The van der Waals surface area contributed by atoms with Crippen LogP contribution in [0.3, 0.4) is 0 Å². The van der Waals surface area contributed by atoms with Gasteiger partial charge >= 0.3 is 0 Å². The Balaban J connectivity index is 2.08. The molecule has 2 aromatic rings. The Kier molecular flexibility index (Phi) is 5.36. The van der Waals surface area contributed by atoms with Crippen LogP contribution in [0.5, 0.6) is 5.75 Å². The monoisotopic (exact) mass is 366 g/mol. The van der Waals surface area contributed by atoms with E-state index in [1.807, 2.05) is 12.1 Å². The molecule has 2 aromatic carbocycles. The van der Waals surface area contributed by atoms with Crippen molar-refractivity contribution in [3.05, 3.63) is 63.1 Å². The molecule has 4 nitrogen and oxygen atoms in total. The van der Waals surface area contributed by atoms with Crippen LogP contribution >= 0.6 is 27.5 Å². The number of nitrogens with one attached hydrogen (secondary N) is 1. The molecule has 0 bridgehead atoms. The van der Waals surface area contributed by atoms with Crippen molar-refractivity contribution in [3.63, 3.8) is 0 Å². The summed E-state index contributed by atoms with van der Waals surface area (Å²) in [6.07, 6.45) is 1.53. The van der Waals surface area contributed by atoms with E-state index in [2.05, 4.69) is 26.5 Å². The largest absolute Gasteiger partial charge is 0.497 e. The van der Waals surface area contributed by atoms with Gasteiger partial charge in [0.2, 0.25) is 0 Å². The van der Waals surface area contributed by atoms with Crippen LogP contribution in [0.1, 0.15) is 15.9 Å². The fourth-order valence-corrected chi connectivity index (χ4v) is 2.24. The summed E-state index contributed by atoms with van der Waals surface area (Å²) in [6, 6.07) is 12.3. The summed E-state index contributed by atoms with van der Waals surface area (Å²) in [5.41, 5.74) is 3.70. The molecule has 0 unspecified atom stereocenters. The van der Waals surface area contributed by atoms with Gasteiger partial charge in [0.25, 0.3) is 5.91 Å². The second kappa shape index (κ2) is 7.24. The molecule has 21 heavy (non-hydrogen) atoms. The number of methoxy groups -OCH3 is 1. The highest BCUT2D eigenvalue weighted by atomic mass is 79.9. The summed E-state index contributed by atoms with van der Waals surface area (Å²) in [5.74, 6) is 0.265. The van der Waals surface area contributed by atoms with Gasteiger partial charge in [0, 0.05) is 9.50 Å². The molecule has 0 aliphatic carbocycles. The van der Waals surface area contributed by atoms with Gasteiger partial charge in [0.15, 0.2) is 0 Å². The molecule has 2 rings (SSSR count). The first-order valence-electron chi connectivity index (χ1n) is 6.02. The van der Waals surface area contributed by atoms with Crippen LogP contribution in [0.25, 0.3) is 0 Å². The zero-order valence-electron chi connectivity index (χ0n) is 11.1. The van der Waals surface area contributed by atoms with Gasteiger partial charge in [0.05, 0.1) is 18.9 Å². The second-order valence-corrected chi connectivity index (χ2v) is 5.39. The van der Waals surface area contributed by atoms with Crippen molar-refractivity contribution in [2.75, 3.05) is 7.11 Å². The Morgan fingerprint density at radius 2 is 2.14 bits per heavy atom. The maximum atomic E-state index is 12.1. The van der Waals surface area contributed by atoms with Crippen molar-refractivity contribution in [3.8, 4) is 5.75 Å². The number of benzene rings is 2. The maximum Gasteiger partial charge on any atom is 0.272 e. The van der Waals surface area contributed by atoms with Crippen molar-refractivity contribution >= 4 is 39.7 Å². The zero-order chi connectivity index (χ0) is 15.2. The van der Waals surface area contributed by atoms with Gasteiger partial charge in [-0.25, -0.2) is 5.43 Å². The Hall–Kier alpha value is -1.85. The summed E-state index contributed by atoms with van der Waals surface area (Å²) in [7, 11) is 1.54. The number of carbonyl (C=O) groups excluding carboxylic acids is 1. The van der Waals surface area contributed by atoms with Crippen molar-refractivity contribution < 1.29 is 9.53 Å². The van der Waals surface area contributed by atoms with Gasteiger partial charge in [-0.15, -0.1) is 0 Å². The first-order valence-corrected chi connectivity index (χ1v) is 7.20. The molecule has 0 atom stereocenters. The van der Waals surface area contributed by atoms with Gasteiger partial charge < -0.3 is 4.74 Å². The number of nitrogens with zero attached hydrogens (tertiary/aromatic N) is 1. The third-order valence-corrected chi connectivity index (χ3v) is 3.57. The summed E-state index contributed by atoms with van der Waals surface area (Å²) >= 11 is 9.19. The van der Waals surface area contributed by atoms with E-state index in [-0.39, 0.29) is 5.91 Å². The number of hydrogen-bond acceptors (Lipinski definition) is 3.